The van der Waals surface area contributed by atoms with Gasteiger partial charge in [0, 0.05) is 19.1 Å². The lowest BCUT2D eigenvalue weighted by Gasteiger charge is -2.21. The second-order valence-electron chi connectivity index (χ2n) is 4.76. The summed E-state index contributed by atoms with van der Waals surface area (Å²) in [5.41, 5.74) is 7.55. The number of nitrogens with one attached hydrogen (secondary N) is 1. The molecule has 0 aliphatic rings. The zero-order valence-corrected chi connectivity index (χ0v) is 12.1. The van der Waals surface area contributed by atoms with E-state index in [0.29, 0.717) is 17.3 Å². The maximum absolute atomic E-state index is 11.5. The van der Waals surface area contributed by atoms with Crippen LogP contribution in [0.1, 0.15) is 24.2 Å². The summed E-state index contributed by atoms with van der Waals surface area (Å²) in [5, 5.41) is 3.24. The van der Waals surface area contributed by atoms with Crippen molar-refractivity contribution in [3.63, 3.8) is 0 Å². The van der Waals surface area contributed by atoms with Crippen molar-refractivity contribution in [2.45, 2.75) is 19.9 Å². The average Bonchev–Trinajstić information content (AvgIpc) is 2.39. The van der Waals surface area contributed by atoms with Gasteiger partial charge in [-0.15, -0.1) is 0 Å². The third kappa shape index (κ3) is 4.13. The Morgan fingerprint density at radius 1 is 1.47 bits per heavy atom. The van der Waals surface area contributed by atoms with Gasteiger partial charge < -0.3 is 20.7 Å². The van der Waals surface area contributed by atoms with Crippen LogP contribution in [-0.2, 0) is 4.74 Å². The van der Waals surface area contributed by atoms with Crippen LogP contribution < -0.4 is 11.1 Å². The van der Waals surface area contributed by atoms with E-state index >= 15 is 0 Å². The molecule has 0 heterocycles. The number of methoxy groups -OCH3 is 1. The zero-order chi connectivity index (χ0) is 14.4. The van der Waals surface area contributed by atoms with Crippen molar-refractivity contribution in [2.75, 3.05) is 38.3 Å². The standard InChI is InChI=1S/C14H23N3O2/c1-10(2)17(3)9-8-16-12-7-5-6-11(13(12)15)14(18)19-4/h5-7,10,16H,8-9,15H2,1-4H3. The number of para-hydroxylation sites is 1. The first-order valence-electron chi connectivity index (χ1n) is 6.38. The van der Waals surface area contributed by atoms with Crippen molar-refractivity contribution in [3.8, 4) is 0 Å². The van der Waals surface area contributed by atoms with Crippen LogP contribution in [0.25, 0.3) is 0 Å². The predicted octanol–water partition coefficient (Wildman–Crippen LogP) is 1.81. The smallest absolute Gasteiger partial charge is 0.340 e. The van der Waals surface area contributed by atoms with Crippen LogP contribution in [0.15, 0.2) is 18.2 Å². The van der Waals surface area contributed by atoms with Gasteiger partial charge >= 0.3 is 5.97 Å². The molecule has 0 saturated heterocycles. The Morgan fingerprint density at radius 3 is 2.74 bits per heavy atom. The monoisotopic (exact) mass is 265 g/mol. The van der Waals surface area contributed by atoms with E-state index < -0.39 is 5.97 Å². The van der Waals surface area contributed by atoms with Gasteiger partial charge in [0.1, 0.15) is 0 Å². The largest absolute Gasteiger partial charge is 0.465 e. The third-order valence-electron chi connectivity index (χ3n) is 3.17. The number of nitrogen functional groups attached to an aromatic ring is 1. The van der Waals surface area contributed by atoms with Crippen LogP contribution in [-0.4, -0.2) is 44.2 Å². The van der Waals surface area contributed by atoms with Gasteiger partial charge in [-0.2, -0.15) is 0 Å². The van der Waals surface area contributed by atoms with Gasteiger partial charge in [0.15, 0.2) is 0 Å². The van der Waals surface area contributed by atoms with Gasteiger partial charge in [-0.25, -0.2) is 4.79 Å². The number of ether oxygens (including phenoxy) is 1. The highest BCUT2D eigenvalue weighted by molar-refractivity contribution is 5.98. The molecule has 1 aromatic rings. The highest BCUT2D eigenvalue weighted by atomic mass is 16.5. The molecule has 19 heavy (non-hydrogen) atoms. The number of carbonyl (C=O) groups excluding carboxylic acids is 1. The highest BCUT2D eigenvalue weighted by Crippen LogP contribution is 2.23. The number of hydrogen-bond donors (Lipinski definition) is 2. The van der Waals surface area contributed by atoms with Gasteiger partial charge in [0.05, 0.1) is 24.0 Å². The van der Waals surface area contributed by atoms with E-state index in [1.54, 1.807) is 12.1 Å². The van der Waals surface area contributed by atoms with E-state index in [0.717, 1.165) is 18.8 Å². The number of esters is 1. The van der Waals surface area contributed by atoms with E-state index in [9.17, 15) is 4.79 Å². The number of carbonyl (C=O) groups is 1. The molecule has 0 aromatic heterocycles. The van der Waals surface area contributed by atoms with E-state index in [2.05, 4.69) is 31.1 Å². The maximum atomic E-state index is 11.5. The third-order valence-corrected chi connectivity index (χ3v) is 3.17. The molecule has 0 saturated carbocycles. The number of likely N-dealkylation sites (N-methyl/N-ethyl adjacent to an activating group) is 1. The van der Waals surface area contributed by atoms with Crippen molar-refractivity contribution < 1.29 is 9.53 Å². The fourth-order valence-corrected chi connectivity index (χ4v) is 1.63. The lowest BCUT2D eigenvalue weighted by Crippen LogP contribution is -2.31. The molecule has 0 radical (unpaired) electrons. The Labute approximate surface area is 114 Å². The summed E-state index contributed by atoms with van der Waals surface area (Å²) in [7, 11) is 3.42. The van der Waals surface area contributed by atoms with E-state index in [1.165, 1.54) is 7.11 Å². The molecule has 5 heteroatoms. The SMILES string of the molecule is COC(=O)c1cccc(NCCN(C)C(C)C)c1N. The fraction of sp³-hybridized carbons (Fsp3) is 0.500. The van der Waals surface area contributed by atoms with Crippen LogP contribution >= 0.6 is 0 Å². The number of nitrogens with two attached hydrogens (primary N) is 1. The summed E-state index contributed by atoms with van der Waals surface area (Å²) in [6.07, 6.45) is 0. The summed E-state index contributed by atoms with van der Waals surface area (Å²) in [4.78, 5) is 13.7. The first-order valence-corrected chi connectivity index (χ1v) is 6.38. The minimum atomic E-state index is -0.416. The molecule has 1 aromatic carbocycles. The van der Waals surface area contributed by atoms with Crippen LogP contribution in [0.3, 0.4) is 0 Å². The number of hydrogen-bond acceptors (Lipinski definition) is 5. The molecule has 0 unspecified atom stereocenters. The van der Waals surface area contributed by atoms with Crippen molar-refractivity contribution in [1.82, 2.24) is 4.90 Å². The van der Waals surface area contributed by atoms with Gasteiger partial charge in [0.25, 0.3) is 0 Å². The Balaban J connectivity index is 2.67. The summed E-state index contributed by atoms with van der Waals surface area (Å²) in [5.74, 6) is -0.416. The topological polar surface area (TPSA) is 67.6 Å². The summed E-state index contributed by atoms with van der Waals surface area (Å²) in [6, 6.07) is 5.81. The van der Waals surface area contributed by atoms with Crippen LogP contribution in [0, 0.1) is 0 Å². The molecule has 0 amide bonds. The lowest BCUT2D eigenvalue weighted by atomic mass is 10.1. The summed E-state index contributed by atoms with van der Waals surface area (Å²) >= 11 is 0. The highest BCUT2D eigenvalue weighted by Gasteiger charge is 2.12. The fourth-order valence-electron chi connectivity index (χ4n) is 1.63. The Morgan fingerprint density at radius 2 is 2.16 bits per heavy atom. The van der Waals surface area contributed by atoms with Gasteiger partial charge in [0.2, 0.25) is 0 Å². The molecular formula is C14H23N3O2. The molecule has 0 fully saturated rings. The molecule has 0 aliphatic heterocycles. The summed E-state index contributed by atoms with van der Waals surface area (Å²) < 4.78 is 4.69. The van der Waals surface area contributed by atoms with Crippen molar-refractivity contribution >= 4 is 17.3 Å². The molecule has 0 spiro atoms. The molecule has 106 valence electrons. The average molecular weight is 265 g/mol. The normalized spacial score (nSPS) is 10.8. The molecule has 1 rings (SSSR count). The van der Waals surface area contributed by atoms with E-state index in [-0.39, 0.29) is 0 Å². The van der Waals surface area contributed by atoms with Gasteiger partial charge in [-0.3, -0.25) is 0 Å². The first kappa shape index (κ1) is 15.3. The quantitative estimate of drug-likeness (QED) is 0.606. The minimum absolute atomic E-state index is 0.393. The van der Waals surface area contributed by atoms with Crippen LogP contribution in [0.5, 0.6) is 0 Å². The van der Waals surface area contributed by atoms with Crippen molar-refractivity contribution in [1.29, 1.82) is 0 Å². The first-order chi connectivity index (χ1) is 8.97. The van der Waals surface area contributed by atoms with Crippen LogP contribution in [0.2, 0.25) is 0 Å². The molecule has 3 N–H and O–H groups in total. The molecule has 5 nitrogen and oxygen atoms in total. The predicted molar refractivity (Wildman–Crippen MR) is 78.4 cm³/mol. The second-order valence-corrected chi connectivity index (χ2v) is 4.76. The number of anilines is 2. The zero-order valence-electron chi connectivity index (χ0n) is 12.1. The van der Waals surface area contributed by atoms with E-state index in [1.807, 2.05) is 6.07 Å². The second kappa shape index (κ2) is 6.99. The molecule has 0 bridgehead atoms. The van der Waals surface area contributed by atoms with Crippen molar-refractivity contribution in [2.24, 2.45) is 0 Å². The lowest BCUT2D eigenvalue weighted by molar-refractivity contribution is 0.0602. The Bertz CT molecular complexity index is 433. The van der Waals surface area contributed by atoms with Crippen molar-refractivity contribution in [3.05, 3.63) is 23.8 Å². The minimum Gasteiger partial charge on any atom is -0.465 e. The molecular weight excluding hydrogens is 242 g/mol. The molecule has 0 aliphatic carbocycles. The van der Waals surface area contributed by atoms with Gasteiger partial charge in [-0.05, 0) is 33.0 Å². The Hall–Kier alpha value is -1.75. The maximum Gasteiger partial charge on any atom is 0.340 e. The summed E-state index contributed by atoms with van der Waals surface area (Å²) in [6.45, 7) is 5.96. The number of benzene rings is 1. The van der Waals surface area contributed by atoms with E-state index in [4.69, 9.17) is 10.5 Å². The van der Waals surface area contributed by atoms with Gasteiger partial charge in [-0.1, -0.05) is 6.07 Å². The number of nitrogens with zero attached hydrogens (tertiary/aromatic N) is 1. The number of rotatable bonds is 6. The Kier molecular flexibility index (Phi) is 5.63. The molecule has 0 atom stereocenters. The van der Waals surface area contributed by atoms with Crippen LogP contribution in [0.4, 0.5) is 11.4 Å².